The van der Waals surface area contributed by atoms with Crippen LogP contribution >= 0.6 is 0 Å². The maximum atomic E-state index is 11.0. The quantitative estimate of drug-likeness (QED) is 0.559. The Morgan fingerprint density at radius 1 is 1.29 bits per heavy atom. The molecule has 5 N–H and O–H groups in total. The first-order chi connectivity index (χ1) is 6.22. The third-order valence-corrected chi connectivity index (χ3v) is 1.63. The van der Waals surface area contributed by atoms with E-state index in [1.54, 1.807) is 0 Å². The molecule has 0 radical (unpaired) electrons. The number of amides is 2. The van der Waals surface area contributed by atoms with Crippen LogP contribution in [0.4, 0.5) is 0 Å². The number of nitrogens with two attached hydrogens (primary N) is 2. The number of rotatable bonds is 5. The van der Waals surface area contributed by atoms with E-state index in [1.807, 2.05) is 20.8 Å². The number of hydrogen-bond acceptors (Lipinski definition) is 3. The maximum absolute atomic E-state index is 11.0. The number of nitrogens with one attached hydrogen (secondary N) is 1. The number of hydrogen-bond donors (Lipinski definition) is 3. The van der Waals surface area contributed by atoms with Crippen LogP contribution < -0.4 is 16.8 Å². The van der Waals surface area contributed by atoms with Crippen LogP contribution in [0.2, 0.25) is 0 Å². The lowest BCUT2D eigenvalue weighted by atomic mass is 10.0. The summed E-state index contributed by atoms with van der Waals surface area (Å²) in [5, 5.41) is 3.03. The second kappa shape index (κ2) is 4.95. The van der Waals surface area contributed by atoms with Gasteiger partial charge in [-0.25, -0.2) is 0 Å². The fraction of sp³-hybridized carbons (Fsp3) is 0.778. The van der Waals surface area contributed by atoms with E-state index in [9.17, 15) is 9.59 Å². The van der Waals surface area contributed by atoms with E-state index in [2.05, 4.69) is 5.32 Å². The van der Waals surface area contributed by atoms with E-state index in [0.29, 0.717) is 6.42 Å². The minimum atomic E-state index is -0.498. The third-order valence-electron chi connectivity index (χ3n) is 1.63. The standard InChI is InChI=1S/C9H19N3O2/c1-9(2,3)12-6(8(11)14)4-5-7(10)13/h6,12H,4-5H2,1-3H3,(H2,10,13)(H2,11,14)/t6-/m1/s1. The topological polar surface area (TPSA) is 98.2 Å². The minimum Gasteiger partial charge on any atom is -0.370 e. The zero-order chi connectivity index (χ0) is 11.4. The summed E-state index contributed by atoms with van der Waals surface area (Å²) in [5.41, 5.74) is 9.95. The van der Waals surface area contributed by atoms with Crippen molar-refractivity contribution in [2.75, 3.05) is 0 Å². The van der Waals surface area contributed by atoms with Crippen LogP contribution in [0.15, 0.2) is 0 Å². The molecule has 0 saturated heterocycles. The normalized spacial score (nSPS) is 13.6. The summed E-state index contributed by atoms with van der Waals surface area (Å²) in [5.74, 6) is -0.881. The lowest BCUT2D eigenvalue weighted by molar-refractivity contribution is -0.121. The zero-order valence-corrected chi connectivity index (χ0v) is 8.96. The summed E-state index contributed by atoms with van der Waals surface area (Å²) >= 11 is 0. The van der Waals surface area contributed by atoms with Gasteiger partial charge in [0.25, 0.3) is 0 Å². The highest BCUT2D eigenvalue weighted by atomic mass is 16.1. The van der Waals surface area contributed by atoms with Crippen molar-refractivity contribution in [3.8, 4) is 0 Å². The van der Waals surface area contributed by atoms with Gasteiger partial charge in [0.2, 0.25) is 11.8 Å². The van der Waals surface area contributed by atoms with Crippen molar-refractivity contribution in [1.29, 1.82) is 0 Å². The summed E-state index contributed by atoms with van der Waals surface area (Å²) in [7, 11) is 0. The molecule has 0 unspecified atom stereocenters. The summed E-state index contributed by atoms with van der Waals surface area (Å²) in [6.45, 7) is 5.77. The number of carbonyl (C=O) groups excluding carboxylic acids is 2. The third kappa shape index (κ3) is 6.42. The van der Waals surface area contributed by atoms with Gasteiger partial charge in [-0.05, 0) is 27.2 Å². The zero-order valence-electron chi connectivity index (χ0n) is 8.96. The molecule has 0 aliphatic rings. The Labute approximate surface area is 84.2 Å². The molecule has 0 saturated carbocycles. The van der Waals surface area contributed by atoms with Gasteiger partial charge in [0.1, 0.15) is 0 Å². The molecular formula is C9H19N3O2. The summed E-state index contributed by atoms with van der Waals surface area (Å²) in [6.07, 6.45) is 0.513. The molecule has 2 amide bonds. The Bertz CT molecular complexity index is 221. The molecule has 5 heteroatoms. The van der Waals surface area contributed by atoms with Crippen LogP contribution in [0.25, 0.3) is 0 Å². The average Bonchev–Trinajstić information content (AvgIpc) is 1.94. The van der Waals surface area contributed by atoms with Crippen molar-refractivity contribution in [3.63, 3.8) is 0 Å². The number of carbonyl (C=O) groups is 2. The van der Waals surface area contributed by atoms with Gasteiger partial charge < -0.3 is 16.8 Å². The highest BCUT2D eigenvalue weighted by Gasteiger charge is 2.21. The average molecular weight is 201 g/mol. The van der Waals surface area contributed by atoms with E-state index in [0.717, 1.165) is 0 Å². The first kappa shape index (κ1) is 12.9. The summed E-state index contributed by atoms with van der Waals surface area (Å²) < 4.78 is 0. The molecule has 0 aromatic heterocycles. The van der Waals surface area contributed by atoms with Crippen molar-refractivity contribution in [2.24, 2.45) is 11.5 Å². The predicted octanol–water partition coefficient (Wildman–Crippen LogP) is -0.506. The van der Waals surface area contributed by atoms with Crippen LogP contribution in [-0.4, -0.2) is 23.4 Å². The van der Waals surface area contributed by atoms with Gasteiger partial charge in [0.05, 0.1) is 6.04 Å². The van der Waals surface area contributed by atoms with Crippen molar-refractivity contribution < 1.29 is 9.59 Å². The maximum Gasteiger partial charge on any atom is 0.234 e. The fourth-order valence-electron chi connectivity index (χ4n) is 1.09. The van der Waals surface area contributed by atoms with Crippen LogP contribution in [0.5, 0.6) is 0 Å². The Balaban J connectivity index is 4.17. The molecule has 0 spiro atoms. The van der Waals surface area contributed by atoms with Crippen molar-refractivity contribution in [1.82, 2.24) is 5.32 Å². The van der Waals surface area contributed by atoms with E-state index < -0.39 is 17.9 Å². The SMILES string of the molecule is CC(C)(C)N[C@H](CCC(N)=O)C(N)=O. The van der Waals surface area contributed by atoms with Gasteiger partial charge in [-0.1, -0.05) is 0 Å². The molecular weight excluding hydrogens is 182 g/mol. The smallest absolute Gasteiger partial charge is 0.234 e. The summed E-state index contributed by atoms with van der Waals surface area (Å²) in [4.78, 5) is 21.5. The molecule has 0 bridgehead atoms. The second-order valence-corrected chi connectivity index (χ2v) is 4.35. The molecule has 82 valence electrons. The van der Waals surface area contributed by atoms with Gasteiger partial charge in [-0.3, -0.25) is 9.59 Å². The molecule has 0 aliphatic heterocycles. The highest BCUT2D eigenvalue weighted by Crippen LogP contribution is 2.05. The Kier molecular flexibility index (Phi) is 4.56. The number of primary amides is 2. The summed E-state index contributed by atoms with van der Waals surface area (Å²) in [6, 6.07) is -0.498. The van der Waals surface area contributed by atoms with E-state index in [-0.39, 0.29) is 12.0 Å². The largest absolute Gasteiger partial charge is 0.370 e. The van der Waals surface area contributed by atoms with Crippen LogP contribution in [0.1, 0.15) is 33.6 Å². The molecule has 0 fully saturated rings. The van der Waals surface area contributed by atoms with Crippen molar-refractivity contribution in [2.45, 2.75) is 45.2 Å². The molecule has 0 aromatic carbocycles. The van der Waals surface area contributed by atoms with Gasteiger partial charge in [-0.2, -0.15) is 0 Å². The van der Waals surface area contributed by atoms with Gasteiger partial charge in [0, 0.05) is 12.0 Å². The lowest BCUT2D eigenvalue weighted by Gasteiger charge is -2.26. The Morgan fingerprint density at radius 3 is 2.07 bits per heavy atom. The highest BCUT2D eigenvalue weighted by molar-refractivity contribution is 5.81. The van der Waals surface area contributed by atoms with Gasteiger partial charge in [0.15, 0.2) is 0 Å². The Hall–Kier alpha value is -1.10. The van der Waals surface area contributed by atoms with Gasteiger partial charge in [-0.15, -0.1) is 0 Å². The van der Waals surface area contributed by atoms with Crippen LogP contribution in [0, 0.1) is 0 Å². The van der Waals surface area contributed by atoms with Crippen molar-refractivity contribution in [3.05, 3.63) is 0 Å². The van der Waals surface area contributed by atoms with E-state index in [4.69, 9.17) is 11.5 Å². The molecule has 1 atom stereocenters. The molecule has 0 aliphatic carbocycles. The molecule has 0 rings (SSSR count). The second-order valence-electron chi connectivity index (χ2n) is 4.35. The van der Waals surface area contributed by atoms with Crippen molar-refractivity contribution >= 4 is 11.8 Å². The van der Waals surface area contributed by atoms with E-state index in [1.165, 1.54) is 0 Å². The van der Waals surface area contributed by atoms with Gasteiger partial charge >= 0.3 is 0 Å². The van der Waals surface area contributed by atoms with E-state index >= 15 is 0 Å². The fourth-order valence-corrected chi connectivity index (χ4v) is 1.09. The molecule has 14 heavy (non-hydrogen) atoms. The molecule has 5 nitrogen and oxygen atoms in total. The Morgan fingerprint density at radius 2 is 1.79 bits per heavy atom. The van der Waals surface area contributed by atoms with Crippen LogP contribution in [-0.2, 0) is 9.59 Å². The predicted molar refractivity (Wildman–Crippen MR) is 54.3 cm³/mol. The lowest BCUT2D eigenvalue weighted by Crippen LogP contribution is -2.50. The first-order valence-electron chi connectivity index (χ1n) is 4.57. The minimum absolute atomic E-state index is 0.163. The molecule has 0 aromatic rings. The van der Waals surface area contributed by atoms with Crippen LogP contribution in [0.3, 0.4) is 0 Å². The first-order valence-corrected chi connectivity index (χ1v) is 4.57. The monoisotopic (exact) mass is 201 g/mol. The molecule has 0 heterocycles.